The number of pyridine rings is 1. The molecule has 0 aromatic carbocycles. The summed E-state index contributed by atoms with van der Waals surface area (Å²) in [5, 5.41) is 3.93. The van der Waals surface area contributed by atoms with E-state index in [1.807, 2.05) is 0 Å². The van der Waals surface area contributed by atoms with Crippen LogP contribution >= 0.6 is 0 Å². The van der Waals surface area contributed by atoms with Gasteiger partial charge in [-0.2, -0.15) is 5.10 Å². The van der Waals surface area contributed by atoms with Crippen molar-refractivity contribution in [2.75, 3.05) is 0 Å². The topological polar surface area (TPSA) is 100 Å². The second-order valence-electron chi connectivity index (χ2n) is 3.11. The molecule has 0 unspecified atom stereocenters. The molecule has 0 saturated carbocycles. The summed E-state index contributed by atoms with van der Waals surface area (Å²) in [5.41, 5.74) is 5.31. The van der Waals surface area contributed by atoms with Crippen LogP contribution in [0.5, 0.6) is 5.75 Å². The smallest absolute Gasteiger partial charge is 0.409 e. The normalized spacial score (nSPS) is 9.88. The summed E-state index contributed by atoms with van der Waals surface area (Å²) in [6.07, 6.45) is 4.11. The SMILES string of the molecule is NC(=O)Oc1ccnc(-n2cc(C=O)cn2)c1. The number of hydrogen-bond donors (Lipinski definition) is 1. The van der Waals surface area contributed by atoms with E-state index in [9.17, 15) is 9.59 Å². The number of aldehydes is 1. The first-order valence-electron chi connectivity index (χ1n) is 4.62. The molecule has 0 fully saturated rings. The van der Waals surface area contributed by atoms with Crippen LogP contribution in [-0.2, 0) is 0 Å². The number of primary amides is 1. The minimum absolute atomic E-state index is 0.255. The van der Waals surface area contributed by atoms with E-state index in [0.29, 0.717) is 17.7 Å². The molecule has 2 aromatic rings. The van der Waals surface area contributed by atoms with Gasteiger partial charge in [0.1, 0.15) is 5.75 Å². The third kappa shape index (κ3) is 2.46. The Morgan fingerprint density at radius 2 is 2.35 bits per heavy atom. The number of hydrogen-bond acceptors (Lipinski definition) is 5. The number of rotatable bonds is 3. The fourth-order valence-electron chi connectivity index (χ4n) is 1.23. The van der Waals surface area contributed by atoms with Gasteiger partial charge in [-0.1, -0.05) is 0 Å². The van der Waals surface area contributed by atoms with Crippen molar-refractivity contribution in [1.82, 2.24) is 14.8 Å². The lowest BCUT2D eigenvalue weighted by atomic mass is 10.4. The Bertz CT molecular complexity index is 564. The predicted molar refractivity (Wildman–Crippen MR) is 57.0 cm³/mol. The molecule has 0 aliphatic heterocycles. The maximum atomic E-state index is 10.6. The molecule has 86 valence electrons. The summed E-state index contributed by atoms with van der Waals surface area (Å²) in [6.45, 7) is 0. The summed E-state index contributed by atoms with van der Waals surface area (Å²) in [4.78, 5) is 25.1. The number of nitrogens with two attached hydrogens (primary N) is 1. The van der Waals surface area contributed by atoms with Crippen molar-refractivity contribution >= 4 is 12.4 Å². The number of aromatic nitrogens is 3. The summed E-state index contributed by atoms with van der Waals surface area (Å²) in [6, 6.07) is 2.96. The summed E-state index contributed by atoms with van der Waals surface area (Å²) >= 11 is 0. The average molecular weight is 232 g/mol. The Balaban J connectivity index is 2.32. The van der Waals surface area contributed by atoms with E-state index in [0.717, 1.165) is 0 Å². The number of carbonyl (C=O) groups is 2. The fourth-order valence-corrected chi connectivity index (χ4v) is 1.23. The largest absolute Gasteiger partial charge is 0.410 e. The van der Waals surface area contributed by atoms with Crippen molar-refractivity contribution in [3.8, 4) is 11.6 Å². The lowest BCUT2D eigenvalue weighted by molar-refractivity contribution is 0.112. The molecule has 0 saturated heterocycles. The third-order valence-electron chi connectivity index (χ3n) is 1.91. The molecule has 7 heteroatoms. The molecule has 0 atom stereocenters. The number of ether oxygens (including phenoxy) is 1. The van der Waals surface area contributed by atoms with Gasteiger partial charge in [-0.25, -0.2) is 14.5 Å². The highest BCUT2D eigenvalue weighted by Crippen LogP contribution is 2.13. The lowest BCUT2D eigenvalue weighted by Gasteiger charge is -2.03. The first-order chi connectivity index (χ1) is 8.19. The van der Waals surface area contributed by atoms with Crippen LogP contribution in [0.15, 0.2) is 30.7 Å². The highest BCUT2D eigenvalue weighted by atomic mass is 16.5. The molecule has 0 bridgehead atoms. The van der Waals surface area contributed by atoms with Crippen molar-refractivity contribution in [2.24, 2.45) is 5.73 Å². The number of carbonyl (C=O) groups excluding carboxylic acids is 2. The van der Waals surface area contributed by atoms with Crippen molar-refractivity contribution < 1.29 is 14.3 Å². The molecule has 0 aliphatic carbocycles. The minimum Gasteiger partial charge on any atom is -0.410 e. The Morgan fingerprint density at radius 3 is 3.00 bits per heavy atom. The molecular formula is C10H8N4O3. The van der Waals surface area contributed by atoms with Crippen molar-refractivity contribution in [3.63, 3.8) is 0 Å². The number of nitrogens with zero attached hydrogens (tertiary/aromatic N) is 3. The second kappa shape index (κ2) is 4.44. The Morgan fingerprint density at radius 1 is 1.53 bits per heavy atom. The Kier molecular flexibility index (Phi) is 2.82. The summed E-state index contributed by atoms with van der Waals surface area (Å²) in [7, 11) is 0. The quantitative estimate of drug-likeness (QED) is 0.778. The molecule has 0 radical (unpaired) electrons. The zero-order valence-electron chi connectivity index (χ0n) is 8.61. The lowest BCUT2D eigenvalue weighted by Crippen LogP contribution is -2.16. The van der Waals surface area contributed by atoms with Gasteiger partial charge in [-0.3, -0.25) is 4.79 Å². The molecular weight excluding hydrogens is 224 g/mol. The molecule has 1 amide bonds. The van der Waals surface area contributed by atoms with Gasteiger partial charge >= 0.3 is 6.09 Å². The van der Waals surface area contributed by atoms with Crippen LogP contribution in [0, 0.1) is 0 Å². The van der Waals surface area contributed by atoms with Crippen LogP contribution < -0.4 is 10.5 Å². The van der Waals surface area contributed by atoms with E-state index in [2.05, 4.69) is 10.1 Å². The van der Waals surface area contributed by atoms with Gasteiger partial charge in [0, 0.05) is 18.5 Å². The Labute approximate surface area is 95.8 Å². The Hall–Kier alpha value is -2.70. The van der Waals surface area contributed by atoms with Crippen LogP contribution in [-0.4, -0.2) is 27.1 Å². The number of amides is 1. The fraction of sp³-hybridized carbons (Fsp3) is 0. The van der Waals surface area contributed by atoms with Gasteiger partial charge in [-0.15, -0.1) is 0 Å². The van der Waals surface area contributed by atoms with Gasteiger partial charge in [0.25, 0.3) is 0 Å². The van der Waals surface area contributed by atoms with Crippen LogP contribution in [0.1, 0.15) is 10.4 Å². The van der Waals surface area contributed by atoms with E-state index >= 15 is 0 Å². The van der Waals surface area contributed by atoms with Gasteiger partial charge in [-0.05, 0) is 6.07 Å². The van der Waals surface area contributed by atoms with Crippen LogP contribution in [0.3, 0.4) is 0 Å². The standard InChI is InChI=1S/C10H8N4O3/c11-10(16)17-8-1-2-12-9(3-8)14-5-7(6-15)4-13-14/h1-6H,(H2,11,16). The van der Waals surface area contributed by atoms with E-state index in [1.165, 1.54) is 35.4 Å². The van der Waals surface area contributed by atoms with Gasteiger partial charge in [0.05, 0.1) is 11.8 Å². The maximum absolute atomic E-state index is 10.6. The third-order valence-corrected chi connectivity index (χ3v) is 1.91. The highest BCUT2D eigenvalue weighted by molar-refractivity contribution is 5.73. The maximum Gasteiger partial charge on any atom is 0.409 e. The van der Waals surface area contributed by atoms with Crippen molar-refractivity contribution in [1.29, 1.82) is 0 Å². The van der Waals surface area contributed by atoms with Crippen molar-refractivity contribution in [3.05, 3.63) is 36.3 Å². The van der Waals surface area contributed by atoms with E-state index < -0.39 is 6.09 Å². The molecule has 0 aliphatic rings. The summed E-state index contributed by atoms with van der Waals surface area (Å²) < 4.78 is 6.08. The molecule has 17 heavy (non-hydrogen) atoms. The van der Waals surface area contributed by atoms with Crippen molar-refractivity contribution in [2.45, 2.75) is 0 Å². The van der Waals surface area contributed by atoms with Crippen LogP contribution in [0.2, 0.25) is 0 Å². The molecule has 0 spiro atoms. The zero-order valence-corrected chi connectivity index (χ0v) is 8.61. The molecule has 2 rings (SSSR count). The van der Waals surface area contributed by atoms with Gasteiger partial charge in [0.15, 0.2) is 12.1 Å². The van der Waals surface area contributed by atoms with Gasteiger partial charge in [0.2, 0.25) is 0 Å². The first-order valence-corrected chi connectivity index (χ1v) is 4.62. The molecule has 2 N–H and O–H groups in total. The summed E-state index contributed by atoms with van der Waals surface area (Å²) in [5.74, 6) is 0.669. The predicted octanol–water partition coefficient (Wildman–Crippen LogP) is 0.537. The average Bonchev–Trinajstić information content (AvgIpc) is 2.77. The van der Waals surface area contributed by atoms with Gasteiger partial charge < -0.3 is 10.5 Å². The van der Waals surface area contributed by atoms with E-state index in [1.54, 1.807) is 0 Å². The highest BCUT2D eigenvalue weighted by Gasteiger charge is 2.04. The minimum atomic E-state index is -0.906. The molecule has 2 heterocycles. The van der Waals surface area contributed by atoms with E-state index in [-0.39, 0.29) is 5.75 Å². The zero-order chi connectivity index (χ0) is 12.3. The molecule has 7 nitrogen and oxygen atoms in total. The van der Waals surface area contributed by atoms with Crippen LogP contribution in [0.25, 0.3) is 5.82 Å². The van der Waals surface area contributed by atoms with E-state index in [4.69, 9.17) is 10.5 Å². The monoisotopic (exact) mass is 232 g/mol. The second-order valence-corrected chi connectivity index (χ2v) is 3.11. The first kappa shape index (κ1) is 10.8. The molecule has 2 aromatic heterocycles. The van der Waals surface area contributed by atoms with Crippen LogP contribution in [0.4, 0.5) is 4.79 Å².